The molecule has 0 radical (unpaired) electrons. The second-order valence-corrected chi connectivity index (χ2v) is 7.45. The Bertz CT molecular complexity index is 1110. The van der Waals surface area contributed by atoms with Gasteiger partial charge in [-0.1, -0.05) is 6.07 Å². The Kier molecular flexibility index (Phi) is 5.35. The van der Waals surface area contributed by atoms with E-state index in [4.69, 9.17) is 5.26 Å². The zero-order valence-electron chi connectivity index (χ0n) is 16.3. The van der Waals surface area contributed by atoms with Gasteiger partial charge in [0.25, 0.3) is 12.3 Å². The summed E-state index contributed by atoms with van der Waals surface area (Å²) in [6, 6.07) is 7.42. The lowest BCUT2D eigenvalue weighted by atomic mass is 9.91. The molecule has 10 heteroatoms. The van der Waals surface area contributed by atoms with Crippen LogP contribution in [0.4, 0.5) is 14.6 Å². The summed E-state index contributed by atoms with van der Waals surface area (Å²) in [5.74, 6) is 0.423. The predicted octanol–water partition coefficient (Wildman–Crippen LogP) is 3.03. The minimum atomic E-state index is -2.61. The molecule has 3 aromatic rings. The smallest absolute Gasteiger partial charge is 0.281 e. The van der Waals surface area contributed by atoms with Crippen LogP contribution in [0.1, 0.15) is 53.9 Å². The van der Waals surface area contributed by atoms with Crippen LogP contribution in [-0.4, -0.2) is 37.2 Å². The summed E-state index contributed by atoms with van der Waals surface area (Å²) in [5, 5.41) is 19.5. The summed E-state index contributed by atoms with van der Waals surface area (Å²) in [6.07, 6.45) is 3.46. The number of aromatic nitrogens is 4. The van der Waals surface area contributed by atoms with Crippen molar-refractivity contribution in [3.8, 4) is 6.07 Å². The number of carbonyl (C=O) groups excluding carboxylic acids is 1. The first-order valence-electron chi connectivity index (χ1n) is 9.72. The third-order valence-corrected chi connectivity index (χ3v) is 5.33. The van der Waals surface area contributed by atoms with Gasteiger partial charge in [0.05, 0.1) is 5.56 Å². The van der Waals surface area contributed by atoms with Crippen LogP contribution in [0.2, 0.25) is 0 Å². The lowest BCUT2D eigenvalue weighted by Crippen LogP contribution is -2.40. The van der Waals surface area contributed by atoms with Crippen LogP contribution >= 0.6 is 0 Å². The second-order valence-electron chi connectivity index (χ2n) is 7.45. The van der Waals surface area contributed by atoms with Crippen molar-refractivity contribution in [2.45, 2.75) is 44.2 Å². The Labute approximate surface area is 171 Å². The van der Waals surface area contributed by atoms with Crippen molar-refractivity contribution in [3.63, 3.8) is 0 Å². The number of nitrogens with one attached hydrogen (secondary N) is 2. The fourth-order valence-corrected chi connectivity index (χ4v) is 3.84. The zero-order valence-corrected chi connectivity index (χ0v) is 16.3. The van der Waals surface area contributed by atoms with Crippen LogP contribution in [0.5, 0.6) is 0 Å². The number of halogens is 2. The molecule has 0 bridgehead atoms. The fraction of sp³-hybridized carbons (Fsp3) is 0.400. The molecule has 0 saturated heterocycles. The molecule has 2 N–H and O–H groups in total. The Morgan fingerprint density at radius 2 is 1.97 bits per heavy atom. The van der Waals surface area contributed by atoms with Gasteiger partial charge in [0.15, 0.2) is 5.69 Å². The third-order valence-electron chi connectivity index (χ3n) is 5.33. The maximum absolute atomic E-state index is 13.0. The second kappa shape index (κ2) is 8.10. The van der Waals surface area contributed by atoms with E-state index in [1.165, 1.54) is 10.9 Å². The van der Waals surface area contributed by atoms with Crippen LogP contribution in [0.15, 0.2) is 30.6 Å². The molecule has 0 aromatic carbocycles. The van der Waals surface area contributed by atoms with Crippen molar-refractivity contribution in [2.75, 3.05) is 5.32 Å². The van der Waals surface area contributed by atoms with E-state index in [2.05, 4.69) is 20.7 Å². The Hall–Kier alpha value is -3.48. The topological polar surface area (TPSA) is 100 Å². The molecule has 1 saturated carbocycles. The summed E-state index contributed by atoms with van der Waals surface area (Å²) in [5.41, 5.74) is 0.618. The van der Waals surface area contributed by atoms with E-state index < -0.39 is 6.43 Å². The van der Waals surface area contributed by atoms with Gasteiger partial charge in [0.2, 0.25) is 0 Å². The van der Waals surface area contributed by atoms with Crippen LogP contribution in [0, 0.1) is 11.3 Å². The van der Waals surface area contributed by atoms with Crippen molar-refractivity contribution in [3.05, 3.63) is 47.5 Å². The minimum absolute atomic E-state index is 0.0109. The normalized spacial score (nSPS) is 19.0. The van der Waals surface area contributed by atoms with E-state index in [1.54, 1.807) is 29.8 Å². The SMILES string of the molecule is Cn1cc(C(=O)N[C@H]2CC[C@@H](Nc3cccc4nc(C(F)F)cn34)CC2)c(C#N)n1. The van der Waals surface area contributed by atoms with E-state index in [0.29, 0.717) is 11.5 Å². The summed E-state index contributed by atoms with van der Waals surface area (Å²) in [7, 11) is 1.67. The summed E-state index contributed by atoms with van der Waals surface area (Å²) in [4.78, 5) is 16.4. The van der Waals surface area contributed by atoms with Gasteiger partial charge in [-0.2, -0.15) is 10.4 Å². The summed E-state index contributed by atoms with van der Waals surface area (Å²) < 4.78 is 29.0. The van der Waals surface area contributed by atoms with Crippen molar-refractivity contribution in [2.24, 2.45) is 7.05 Å². The number of amides is 1. The van der Waals surface area contributed by atoms with Crippen LogP contribution in [0.3, 0.4) is 0 Å². The molecule has 0 unspecified atom stereocenters. The fourth-order valence-electron chi connectivity index (χ4n) is 3.84. The van der Waals surface area contributed by atoms with Gasteiger partial charge in [-0.25, -0.2) is 13.8 Å². The van der Waals surface area contributed by atoms with E-state index in [1.807, 2.05) is 12.1 Å². The highest BCUT2D eigenvalue weighted by molar-refractivity contribution is 5.96. The average Bonchev–Trinajstić information content (AvgIpc) is 3.33. The Morgan fingerprint density at radius 3 is 2.67 bits per heavy atom. The standard InChI is InChI=1S/C20H21F2N7O/c1-28-10-14(15(9-23)27-28)20(30)25-13-7-5-12(6-8-13)24-17-3-2-4-18-26-16(19(21)22)11-29(17)18/h2-4,10-13,19,24H,5-8H2,1H3,(H,25,30)/t12-,13+. The van der Waals surface area contributed by atoms with Gasteiger partial charge in [-0.05, 0) is 37.8 Å². The largest absolute Gasteiger partial charge is 0.368 e. The zero-order chi connectivity index (χ0) is 21.3. The molecular weight excluding hydrogens is 392 g/mol. The lowest BCUT2D eigenvalue weighted by molar-refractivity contribution is 0.0926. The number of pyridine rings is 1. The number of rotatable bonds is 5. The first-order chi connectivity index (χ1) is 14.4. The number of hydrogen-bond donors (Lipinski definition) is 2. The molecule has 3 aromatic heterocycles. The average molecular weight is 413 g/mol. The van der Waals surface area contributed by atoms with E-state index in [-0.39, 0.29) is 34.9 Å². The Morgan fingerprint density at radius 1 is 1.23 bits per heavy atom. The van der Waals surface area contributed by atoms with Crippen LogP contribution in [0.25, 0.3) is 5.65 Å². The number of fused-ring (bicyclic) bond motifs is 1. The van der Waals surface area contributed by atoms with Gasteiger partial charge < -0.3 is 10.6 Å². The molecule has 1 aliphatic rings. The van der Waals surface area contributed by atoms with E-state index in [0.717, 1.165) is 25.7 Å². The Balaban J connectivity index is 1.37. The maximum atomic E-state index is 13.0. The van der Waals surface area contributed by atoms with Crippen molar-refractivity contribution in [1.82, 2.24) is 24.5 Å². The molecule has 0 atom stereocenters. The molecule has 30 heavy (non-hydrogen) atoms. The van der Waals surface area contributed by atoms with Gasteiger partial charge in [0.1, 0.15) is 23.2 Å². The van der Waals surface area contributed by atoms with Gasteiger partial charge in [-0.3, -0.25) is 13.9 Å². The first-order valence-corrected chi connectivity index (χ1v) is 9.72. The number of hydrogen-bond acceptors (Lipinski definition) is 5. The van der Waals surface area contributed by atoms with Crippen LogP contribution < -0.4 is 10.6 Å². The number of aryl methyl sites for hydroxylation is 1. The molecule has 1 fully saturated rings. The van der Waals surface area contributed by atoms with E-state index >= 15 is 0 Å². The molecule has 3 heterocycles. The van der Waals surface area contributed by atoms with Crippen molar-refractivity contribution >= 4 is 17.4 Å². The number of nitriles is 1. The third kappa shape index (κ3) is 3.96. The van der Waals surface area contributed by atoms with Crippen molar-refractivity contribution in [1.29, 1.82) is 5.26 Å². The molecule has 1 aliphatic carbocycles. The number of alkyl halides is 2. The molecule has 0 aliphatic heterocycles. The van der Waals surface area contributed by atoms with Gasteiger partial charge in [0, 0.05) is 31.5 Å². The monoisotopic (exact) mass is 413 g/mol. The van der Waals surface area contributed by atoms with Gasteiger partial charge >= 0.3 is 0 Å². The van der Waals surface area contributed by atoms with E-state index in [9.17, 15) is 13.6 Å². The van der Waals surface area contributed by atoms with Gasteiger partial charge in [-0.15, -0.1) is 0 Å². The highest BCUT2D eigenvalue weighted by Crippen LogP contribution is 2.25. The molecule has 0 spiro atoms. The number of nitrogens with zero attached hydrogens (tertiary/aromatic N) is 5. The van der Waals surface area contributed by atoms with Crippen LogP contribution in [-0.2, 0) is 7.05 Å². The minimum Gasteiger partial charge on any atom is -0.368 e. The molecule has 8 nitrogen and oxygen atoms in total. The molecule has 1 amide bonds. The number of anilines is 1. The maximum Gasteiger partial charge on any atom is 0.281 e. The molecule has 156 valence electrons. The first kappa shape index (κ1) is 19.8. The molecular formula is C20H21F2N7O. The highest BCUT2D eigenvalue weighted by Gasteiger charge is 2.25. The highest BCUT2D eigenvalue weighted by atomic mass is 19.3. The summed E-state index contributed by atoms with van der Waals surface area (Å²) in [6.45, 7) is 0. The molecule has 4 rings (SSSR count). The quantitative estimate of drug-likeness (QED) is 0.670. The number of carbonyl (C=O) groups is 1. The lowest BCUT2D eigenvalue weighted by Gasteiger charge is -2.30. The summed E-state index contributed by atoms with van der Waals surface area (Å²) >= 11 is 0. The predicted molar refractivity (Wildman–Crippen MR) is 105 cm³/mol. The number of imidazole rings is 1. The van der Waals surface area contributed by atoms with Crippen molar-refractivity contribution < 1.29 is 13.6 Å².